The molecule has 0 bridgehead atoms. The predicted octanol–water partition coefficient (Wildman–Crippen LogP) is 5.93. The van der Waals surface area contributed by atoms with Gasteiger partial charge in [0.15, 0.2) is 5.78 Å². The zero-order chi connectivity index (χ0) is 22.2. The van der Waals surface area contributed by atoms with Crippen LogP contribution in [0, 0.1) is 5.82 Å². The van der Waals surface area contributed by atoms with Crippen LogP contribution in [0.1, 0.15) is 48.8 Å². The van der Waals surface area contributed by atoms with Crippen molar-refractivity contribution in [3.05, 3.63) is 76.7 Å². The van der Waals surface area contributed by atoms with Gasteiger partial charge in [-0.15, -0.1) is 0 Å². The minimum atomic E-state index is -0.444. The molecule has 7 heteroatoms. The molecule has 0 unspecified atom stereocenters. The van der Waals surface area contributed by atoms with Crippen molar-refractivity contribution in [2.75, 3.05) is 0 Å². The summed E-state index contributed by atoms with van der Waals surface area (Å²) in [7, 11) is 0. The number of H-pyrrole nitrogens is 1. The first-order chi connectivity index (χ1) is 14.7. The Morgan fingerprint density at radius 3 is 2.65 bits per heavy atom. The summed E-state index contributed by atoms with van der Waals surface area (Å²) in [6, 6.07) is 8.39. The maximum atomic E-state index is 14.9. The number of halogens is 2. The number of carbonyl (C=O) groups is 1. The molecule has 0 radical (unpaired) electrons. The van der Waals surface area contributed by atoms with Crippen LogP contribution in [0.5, 0.6) is 0 Å². The molecule has 0 fully saturated rings. The number of nitrogens with one attached hydrogen (secondary N) is 1. The van der Waals surface area contributed by atoms with E-state index >= 15 is 0 Å². The van der Waals surface area contributed by atoms with Gasteiger partial charge >= 0.3 is 0 Å². The molecular formula is C24H22ClFN4O. The molecular weight excluding hydrogens is 415 g/mol. The molecule has 0 aliphatic carbocycles. The lowest BCUT2D eigenvalue weighted by Crippen LogP contribution is -2.12. The minimum absolute atomic E-state index is 0.0307. The summed E-state index contributed by atoms with van der Waals surface area (Å²) in [6.07, 6.45) is 5.35. The largest absolute Gasteiger partial charge is 0.346 e. The fraction of sp³-hybridized carbons (Fsp3) is 0.250. The molecule has 1 aromatic carbocycles. The highest BCUT2D eigenvalue weighted by molar-refractivity contribution is 6.31. The molecule has 0 aliphatic rings. The highest BCUT2D eigenvalue weighted by Crippen LogP contribution is 2.32. The van der Waals surface area contributed by atoms with Crippen molar-refractivity contribution >= 4 is 28.4 Å². The Bertz CT molecular complexity index is 1260. The zero-order valence-electron chi connectivity index (χ0n) is 17.5. The maximum absolute atomic E-state index is 14.9. The van der Waals surface area contributed by atoms with Crippen LogP contribution in [-0.4, -0.2) is 25.7 Å². The minimum Gasteiger partial charge on any atom is -0.346 e. The van der Waals surface area contributed by atoms with Gasteiger partial charge in [-0.05, 0) is 47.2 Å². The summed E-state index contributed by atoms with van der Waals surface area (Å²) >= 11 is 6.43. The number of aromatic nitrogens is 4. The average molecular weight is 437 g/mol. The van der Waals surface area contributed by atoms with Gasteiger partial charge in [-0.1, -0.05) is 38.4 Å². The molecule has 0 spiro atoms. The molecule has 0 amide bonds. The van der Waals surface area contributed by atoms with Gasteiger partial charge in [-0.2, -0.15) is 0 Å². The second kappa shape index (κ2) is 8.19. The first-order valence-electron chi connectivity index (χ1n) is 10.00. The molecule has 0 atom stereocenters. The SMILES string of the molecule is CC(C)(C)c1ccc(C(=O)CCc2cc(F)c(-c3ncnc4[nH]ccc34)cc2Cl)nc1. The summed E-state index contributed by atoms with van der Waals surface area (Å²) < 4.78 is 14.9. The number of aromatic amines is 1. The Morgan fingerprint density at radius 2 is 1.94 bits per heavy atom. The molecule has 0 aliphatic heterocycles. The van der Waals surface area contributed by atoms with E-state index in [9.17, 15) is 9.18 Å². The van der Waals surface area contributed by atoms with Gasteiger partial charge in [0.2, 0.25) is 0 Å². The first kappa shape index (κ1) is 21.1. The number of pyridine rings is 1. The van der Waals surface area contributed by atoms with Crippen molar-refractivity contribution in [3.63, 3.8) is 0 Å². The number of nitrogens with zero attached hydrogens (tertiary/aromatic N) is 3. The molecule has 3 aromatic heterocycles. The first-order valence-corrected chi connectivity index (χ1v) is 10.4. The third kappa shape index (κ3) is 4.35. The van der Waals surface area contributed by atoms with Crippen LogP contribution >= 0.6 is 11.6 Å². The summed E-state index contributed by atoms with van der Waals surface area (Å²) in [4.78, 5) is 28.2. The van der Waals surface area contributed by atoms with Crippen LogP contribution < -0.4 is 0 Å². The number of aryl methyl sites for hydroxylation is 1. The summed E-state index contributed by atoms with van der Waals surface area (Å²) in [5.41, 5.74) is 3.39. The summed E-state index contributed by atoms with van der Waals surface area (Å²) in [5, 5.41) is 1.10. The van der Waals surface area contributed by atoms with E-state index in [1.54, 1.807) is 30.6 Å². The summed E-state index contributed by atoms with van der Waals surface area (Å²) in [5.74, 6) is -0.549. The average Bonchev–Trinajstić information content (AvgIpc) is 3.22. The highest BCUT2D eigenvalue weighted by atomic mass is 35.5. The molecule has 31 heavy (non-hydrogen) atoms. The smallest absolute Gasteiger partial charge is 0.181 e. The van der Waals surface area contributed by atoms with Gasteiger partial charge in [-0.25, -0.2) is 14.4 Å². The zero-order valence-corrected chi connectivity index (χ0v) is 18.3. The normalized spacial score (nSPS) is 11.8. The molecule has 1 N–H and O–H groups in total. The second-order valence-electron chi connectivity index (χ2n) is 8.49. The van der Waals surface area contributed by atoms with Gasteiger partial charge in [0, 0.05) is 34.8 Å². The quantitative estimate of drug-likeness (QED) is 0.394. The molecule has 0 saturated carbocycles. The van der Waals surface area contributed by atoms with E-state index in [0.717, 1.165) is 5.56 Å². The van der Waals surface area contributed by atoms with E-state index in [1.165, 1.54) is 12.4 Å². The van der Waals surface area contributed by atoms with E-state index in [2.05, 4.69) is 40.7 Å². The van der Waals surface area contributed by atoms with Crippen molar-refractivity contribution < 1.29 is 9.18 Å². The van der Waals surface area contributed by atoms with E-state index < -0.39 is 5.82 Å². The molecule has 4 rings (SSSR count). The molecule has 5 nitrogen and oxygen atoms in total. The Balaban J connectivity index is 1.53. The van der Waals surface area contributed by atoms with Gasteiger partial charge in [0.1, 0.15) is 23.5 Å². The van der Waals surface area contributed by atoms with Crippen LogP contribution in [0.25, 0.3) is 22.3 Å². The van der Waals surface area contributed by atoms with Crippen LogP contribution in [-0.2, 0) is 11.8 Å². The van der Waals surface area contributed by atoms with E-state index in [4.69, 9.17) is 11.6 Å². The number of Topliss-reactive ketones (excluding diaryl/α,β-unsaturated/α-hetero) is 1. The number of ketones is 1. The van der Waals surface area contributed by atoms with Crippen molar-refractivity contribution in [3.8, 4) is 11.3 Å². The Labute approximate surface area is 184 Å². The topological polar surface area (TPSA) is 71.5 Å². The fourth-order valence-electron chi connectivity index (χ4n) is 3.43. The van der Waals surface area contributed by atoms with Crippen molar-refractivity contribution in [1.29, 1.82) is 0 Å². The third-order valence-electron chi connectivity index (χ3n) is 5.28. The number of hydrogen-bond donors (Lipinski definition) is 1. The van der Waals surface area contributed by atoms with Gasteiger partial charge in [0.05, 0.1) is 5.69 Å². The van der Waals surface area contributed by atoms with E-state index in [1.807, 2.05) is 6.07 Å². The van der Waals surface area contributed by atoms with Gasteiger partial charge in [-0.3, -0.25) is 9.78 Å². The lowest BCUT2D eigenvalue weighted by Gasteiger charge is -2.18. The van der Waals surface area contributed by atoms with E-state index in [-0.39, 0.29) is 17.6 Å². The number of hydrogen-bond acceptors (Lipinski definition) is 4. The second-order valence-corrected chi connectivity index (χ2v) is 8.90. The van der Waals surface area contributed by atoms with Crippen LogP contribution in [0.4, 0.5) is 4.39 Å². The number of benzene rings is 1. The molecule has 158 valence electrons. The Kier molecular flexibility index (Phi) is 5.58. The molecule has 3 heterocycles. The fourth-order valence-corrected chi connectivity index (χ4v) is 3.68. The van der Waals surface area contributed by atoms with E-state index in [0.29, 0.717) is 45.0 Å². The lowest BCUT2D eigenvalue weighted by molar-refractivity contribution is 0.0978. The Hall–Kier alpha value is -3.12. The lowest BCUT2D eigenvalue weighted by atomic mass is 9.88. The highest BCUT2D eigenvalue weighted by Gasteiger charge is 2.18. The number of rotatable bonds is 5. The summed E-state index contributed by atoms with van der Waals surface area (Å²) in [6.45, 7) is 6.27. The molecule has 0 saturated heterocycles. The van der Waals surface area contributed by atoms with Gasteiger partial charge < -0.3 is 4.98 Å². The standard InChI is InChI=1S/C24H22ClFN4O/c1-24(2,3)15-5-6-20(28-12-15)21(31)7-4-14-10-19(26)17(11-18(14)25)22-16-8-9-27-23(16)30-13-29-22/h5-6,8-13H,4,7H2,1-3H3,(H,27,29,30). The Morgan fingerprint density at radius 1 is 1.13 bits per heavy atom. The van der Waals surface area contributed by atoms with Crippen molar-refractivity contribution in [2.24, 2.45) is 0 Å². The van der Waals surface area contributed by atoms with Crippen molar-refractivity contribution in [1.82, 2.24) is 19.9 Å². The third-order valence-corrected chi connectivity index (χ3v) is 5.63. The van der Waals surface area contributed by atoms with Crippen LogP contribution in [0.3, 0.4) is 0 Å². The molecule has 4 aromatic rings. The number of fused-ring (bicyclic) bond motifs is 1. The monoisotopic (exact) mass is 436 g/mol. The maximum Gasteiger partial charge on any atom is 0.181 e. The predicted molar refractivity (Wildman–Crippen MR) is 120 cm³/mol. The number of carbonyl (C=O) groups excluding carboxylic acids is 1. The van der Waals surface area contributed by atoms with Crippen LogP contribution in [0.15, 0.2) is 49.1 Å². The van der Waals surface area contributed by atoms with Gasteiger partial charge in [0.25, 0.3) is 0 Å². The van der Waals surface area contributed by atoms with Crippen molar-refractivity contribution in [2.45, 2.75) is 39.0 Å². The van der Waals surface area contributed by atoms with Crippen LogP contribution in [0.2, 0.25) is 5.02 Å².